The van der Waals surface area contributed by atoms with Gasteiger partial charge in [0.15, 0.2) is 0 Å². The van der Waals surface area contributed by atoms with Crippen LogP contribution >= 0.6 is 23.1 Å². The van der Waals surface area contributed by atoms with Crippen LogP contribution in [0.3, 0.4) is 0 Å². The van der Waals surface area contributed by atoms with Crippen LogP contribution in [0.25, 0.3) is 0 Å². The molecule has 0 bridgehead atoms. The number of aliphatic carboxylic acids is 1. The lowest BCUT2D eigenvalue weighted by Gasteiger charge is -2.12. The standard InChI is InChI=1S/C10H14N2O3S2/c1-7(13)12-8(10(14)15)2-4-16-6-9-11-3-5-17-9/h3,5,8H,2,4,6H2,1H3,(H,12,13)(H,14,15). The van der Waals surface area contributed by atoms with E-state index in [0.29, 0.717) is 12.2 Å². The van der Waals surface area contributed by atoms with Crippen molar-refractivity contribution in [3.8, 4) is 0 Å². The number of thioether (sulfide) groups is 1. The average molecular weight is 274 g/mol. The van der Waals surface area contributed by atoms with Crippen molar-refractivity contribution in [2.24, 2.45) is 0 Å². The molecule has 1 unspecified atom stereocenters. The molecule has 94 valence electrons. The highest BCUT2D eigenvalue weighted by atomic mass is 32.2. The molecule has 5 nitrogen and oxygen atoms in total. The first-order valence-corrected chi connectivity index (χ1v) is 7.09. The molecule has 1 aromatic heterocycles. The summed E-state index contributed by atoms with van der Waals surface area (Å²) >= 11 is 3.20. The molecule has 0 aliphatic rings. The molecule has 1 atom stereocenters. The second kappa shape index (κ2) is 7.29. The Morgan fingerprint density at radius 3 is 2.94 bits per heavy atom. The lowest BCUT2D eigenvalue weighted by atomic mass is 10.2. The first-order valence-electron chi connectivity index (χ1n) is 5.05. The van der Waals surface area contributed by atoms with E-state index in [0.717, 1.165) is 10.8 Å². The third kappa shape index (κ3) is 5.69. The Kier molecular flexibility index (Phi) is 5.99. The van der Waals surface area contributed by atoms with Gasteiger partial charge < -0.3 is 10.4 Å². The van der Waals surface area contributed by atoms with E-state index in [2.05, 4.69) is 10.3 Å². The van der Waals surface area contributed by atoms with Crippen LogP contribution in [0.4, 0.5) is 0 Å². The minimum absolute atomic E-state index is 0.317. The second-order valence-corrected chi connectivity index (χ2v) is 5.44. The Balaban J connectivity index is 2.23. The zero-order valence-electron chi connectivity index (χ0n) is 9.38. The number of nitrogens with zero attached hydrogens (tertiary/aromatic N) is 1. The molecule has 17 heavy (non-hydrogen) atoms. The highest BCUT2D eigenvalue weighted by Gasteiger charge is 2.17. The van der Waals surface area contributed by atoms with Gasteiger partial charge in [-0.1, -0.05) is 0 Å². The van der Waals surface area contributed by atoms with Gasteiger partial charge in [-0.15, -0.1) is 11.3 Å². The highest BCUT2D eigenvalue weighted by Crippen LogP contribution is 2.15. The topological polar surface area (TPSA) is 79.3 Å². The number of carbonyl (C=O) groups excluding carboxylic acids is 1. The fourth-order valence-corrected chi connectivity index (χ4v) is 2.91. The van der Waals surface area contributed by atoms with Gasteiger partial charge in [0.1, 0.15) is 11.0 Å². The Labute approximate surface area is 108 Å². The van der Waals surface area contributed by atoms with Crippen molar-refractivity contribution >= 4 is 35.0 Å². The Bertz CT molecular complexity index is 368. The molecule has 1 heterocycles. The predicted molar refractivity (Wildman–Crippen MR) is 68.1 cm³/mol. The van der Waals surface area contributed by atoms with Gasteiger partial charge in [-0.25, -0.2) is 9.78 Å². The Morgan fingerprint density at radius 1 is 1.65 bits per heavy atom. The normalized spacial score (nSPS) is 12.1. The summed E-state index contributed by atoms with van der Waals surface area (Å²) in [5.74, 6) is 0.151. The van der Waals surface area contributed by atoms with Gasteiger partial charge in [-0.3, -0.25) is 4.79 Å². The van der Waals surface area contributed by atoms with Crippen molar-refractivity contribution in [3.63, 3.8) is 0 Å². The van der Waals surface area contributed by atoms with Crippen LogP contribution in [-0.2, 0) is 15.3 Å². The molecule has 7 heteroatoms. The quantitative estimate of drug-likeness (QED) is 0.734. The van der Waals surface area contributed by atoms with Crippen LogP contribution < -0.4 is 5.32 Å². The van der Waals surface area contributed by atoms with Gasteiger partial charge >= 0.3 is 5.97 Å². The zero-order valence-corrected chi connectivity index (χ0v) is 11.0. The maximum atomic E-state index is 10.8. The van der Waals surface area contributed by atoms with Crippen LogP contribution in [0.15, 0.2) is 11.6 Å². The fraction of sp³-hybridized carbons (Fsp3) is 0.500. The zero-order chi connectivity index (χ0) is 12.7. The lowest BCUT2D eigenvalue weighted by molar-refractivity contribution is -0.141. The van der Waals surface area contributed by atoms with Gasteiger partial charge in [0.2, 0.25) is 5.91 Å². The second-order valence-electron chi connectivity index (χ2n) is 3.36. The van der Waals surface area contributed by atoms with E-state index in [1.165, 1.54) is 6.92 Å². The van der Waals surface area contributed by atoms with E-state index in [1.54, 1.807) is 29.3 Å². The van der Waals surface area contributed by atoms with E-state index in [1.807, 2.05) is 5.38 Å². The number of aromatic nitrogens is 1. The average Bonchev–Trinajstić information content (AvgIpc) is 2.74. The summed E-state index contributed by atoms with van der Waals surface area (Å²) in [6, 6.07) is -0.795. The molecule has 0 aromatic carbocycles. The number of amides is 1. The third-order valence-electron chi connectivity index (χ3n) is 1.94. The molecule has 0 fully saturated rings. The third-order valence-corrected chi connectivity index (χ3v) is 3.90. The van der Waals surface area contributed by atoms with Crippen molar-refractivity contribution in [1.82, 2.24) is 10.3 Å². The van der Waals surface area contributed by atoms with Gasteiger partial charge in [-0.2, -0.15) is 11.8 Å². The van der Waals surface area contributed by atoms with E-state index in [-0.39, 0.29) is 5.91 Å². The number of hydrogen-bond acceptors (Lipinski definition) is 5. The summed E-state index contributed by atoms with van der Waals surface area (Å²) in [7, 11) is 0. The van der Waals surface area contributed by atoms with Crippen LogP contribution in [0.2, 0.25) is 0 Å². The molecule has 0 aliphatic heterocycles. The van der Waals surface area contributed by atoms with Crippen molar-refractivity contribution in [2.45, 2.75) is 25.1 Å². The first-order chi connectivity index (χ1) is 8.09. The van der Waals surface area contributed by atoms with Gasteiger partial charge in [-0.05, 0) is 12.2 Å². The lowest BCUT2D eigenvalue weighted by Crippen LogP contribution is -2.39. The van der Waals surface area contributed by atoms with Crippen LogP contribution in [-0.4, -0.2) is 33.8 Å². The van der Waals surface area contributed by atoms with Gasteiger partial charge in [0.25, 0.3) is 0 Å². The fourth-order valence-electron chi connectivity index (χ4n) is 1.19. The summed E-state index contributed by atoms with van der Waals surface area (Å²) < 4.78 is 0. The maximum Gasteiger partial charge on any atom is 0.326 e. The summed E-state index contributed by atoms with van der Waals surface area (Å²) in [4.78, 5) is 25.7. The molecule has 0 saturated heterocycles. The Morgan fingerprint density at radius 2 is 2.41 bits per heavy atom. The van der Waals surface area contributed by atoms with Crippen molar-refractivity contribution in [3.05, 3.63) is 16.6 Å². The van der Waals surface area contributed by atoms with Crippen LogP contribution in [0.1, 0.15) is 18.4 Å². The first kappa shape index (κ1) is 14.0. The number of carboxylic acids is 1. The monoisotopic (exact) mass is 274 g/mol. The summed E-state index contributed by atoms with van der Waals surface area (Å²) in [6.07, 6.45) is 2.17. The van der Waals surface area contributed by atoms with Crippen molar-refractivity contribution in [2.75, 3.05) is 5.75 Å². The summed E-state index contributed by atoms with van der Waals surface area (Å²) in [6.45, 7) is 1.32. The minimum Gasteiger partial charge on any atom is -0.480 e. The van der Waals surface area contributed by atoms with Gasteiger partial charge in [0.05, 0.1) is 0 Å². The summed E-state index contributed by atoms with van der Waals surface area (Å²) in [5, 5.41) is 14.2. The predicted octanol–water partition coefficient (Wildman–Crippen LogP) is 1.36. The van der Waals surface area contributed by atoms with E-state index >= 15 is 0 Å². The number of nitrogens with one attached hydrogen (secondary N) is 1. The van der Waals surface area contributed by atoms with E-state index < -0.39 is 12.0 Å². The smallest absolute Gasteiger partial charge is 0.326 e. The number of carboxylic acid groups (broad SMARTS) is 1. The number of hydrogen-bond donors (Lipinski definition) is 2. The van der Waals surface area contributed by atoms with Crippen molar-refractivity contribution in [1.29, 1.82) is 0 Å². The number of carbonyl (C=O) groups is 2. The molecule has 1 amide bonds. The molecule has 0 radical (unpaired) electrons. The maximum absolute atomic E-state index is 10.8. The largest absolute Gasteiger partial charge is 0.480 e. The number of rotatable bonds is 7. The molecule has 0 spiro atoms. The van der Waals surface area contributed by atoms with Crippen LogP contribution in [0, 0.1) is 0 Å². The van der Waals surface area contributed by atoms with Gasteiger partial charge in [0, 0.05) is 24.3 Å². The van der Waals surface area contributed by atoms with Crippen LogP contribution in [0.5, 0.6) is 0 Å². The highest BCUT2D eigenvalue weighted by molar-refractivity contribution is 7.98. The van der Waals surface area contributed by atoms with E-state index in [4.69, 9.17) is 5.11 Å². The van der Waals surface area contributed by atoms with E-state index in [9.17, 15) is 9.59 Å². The molecule has 1 rings (SSSR count). The molecule has 0 saturated carbocycles. The number of thiazole rings is 1. The minimum atomic E-state index is -0.991. The molecular formula is C10H14N2O3S2. The van der Waals surface area contributed by atoms with Crippen molar-refractivity contribution < 1.29 is 14.7 Å². The SMILES string of the molecule is CC(=O)NC(CCSCc1nccs1)C(=O)O. The Hall–Kier alpha value is -1.08. The summed E-state index contributed by atoms with van der Waals surface area (Å²) in [5.41, 5.74) is 0. The molecule has 1 aromatic rings. The molecular weight excluding hydrogens is 260 g/mol. The molecule has 0 aliphatic carbocycles. The molecule has 2 N–H and O–H groups in total.